The van der Waals surface area contributed by atoms with Gasteiger partial charge in [0.1, 0.15) is 0 Å². The fourth-order valence-corrected chi connectivity index (χ4v) is 2.17. The lowest BCUT2D eigenvalue weighted by molar-refractivity contribution is -0.119. The van der Waals surface area contributed by atoms with Crippen molar-refractivity contribution in [1.29, 1.82) is 0 Å². The highest BCUT2D eigenvalue weighted by atomic mass is 35.5. The van der Waals surface area contributed by atoms with Crippen molar-refractivity contribution in [2.45, 2.75) is 0 Å². The summed E-state index contributed by atoms with van der Waals surface area (Å²) in [5.41, 5.74) is 8.90. The number of carboxylic acid groups (broad SMARTS) is 1. The number of aromatic carboxylic acids is 1. The summed E-state index contributed by atoms with van der Waals surface area (Å²) in [6.07, 6.45) is 1.51. The first kappa shape index (κ1) is 19.1. The van der Waals surface area contributed by atoms with Crippen LogP contribution in [0.1, 0.15) is 15.9 Å². The Hall–Kier alpha value is -3.26. The number of rotatable bonds is 8. The number of carbonyl (C=O) groups is 2. The molecular formula is C17H16ClN3O5. The maximum Gasteiger partial charge on any atom is 0.337 e. The van der Waals surface area contributed by atoms with E-state index >= 15 is 0 Å². The van der Waals surface area contributed by atoms with Gasteiger partial charge in [-0.2, -0.15) is 5.10 Å². The minimum atomic E-state index is -1.13. The van der Waals surface area contributed by atoms with Crippen LogP contribution in [0.15, 0.2) is 41.5 Å². The van der Waals surface area contributed by atoms with Crippen molar-refractivity contribution in [3.8, 4) is 11.5 Å². The number of nitrogens with two attached hydrogens (primary N) is 1. The Labute approximate surface area is 154 Å². The third-order valence-corrected chi connectivity index (χ3v) is 3.49. The molecule has 0 aliphatic heterocycles. The number of hydrogen-bond donors (Lipinski definition) is 3. The van der Waals surface area contributed by atoms with Crippen LogP contribution >= 0.6 is 11.6 Å². The van der Waals surface area contributed by atoms with Crippen LogP contribution in [0.3, 0.4) is 0 Å². The second-order valence-corrected chi connectivity index (χ2v) is 5.44. The van der Waals surface area contributed by atoms with Gasteiger partial charge in [0.05, 0.1) is 29.6 Å². The van der Waals surface area contributed by atoms with Gasteiger partial charge in [-0.3, -0.25) is 10.2 Å². The molecule has 0 spiro atoms. The number of nitrogens with one attached hydrogen (secondary N) is 1. The fourth-order valence-electron chi connectivity index (χ4n) is 1.97. The summed E-state index contributed by atoms with van der Waals surface area (Å²) in [4.78, 5) is 21.8. The van der Waals surface area contributed by atoms with Crippen LogP contribution < -0.4 is 20.6 Å². The van der Waals surface area contributed by atoms with E-state index in [9.17, 15) is 9.59 Å². The molecule has 0 unspecified atom stereocenters. The monoisotopic (exact) mass is 377 g/mol. The number of carbonyl (C=O) groups excluding carboxylic acids is 1. The second-order valence-electron chi connectivity index (χ2n) is 5.04. The number of nitrogens with zero attached hydrogens (tertiary/aromatic N) is 1. The van der Waals surface area contributed by atoms with Crippen molar-refractivity contribution in [2.24, 2.45) is 10.8 Å². The number of benzene rings is 2. The fraction of sp³-hybridized carbons (Fsp3) is 0.118. The minimum absolute atomic E-state index is 0.0236. The molecule has 1 amide bonds. The molecule has 0 aliphatic rings. The Kier molecular flexibility index (Phi) is 6.40. The third kappa shape index (κ3) is 5.12. The molecule has 26 heavy (non-hydrogen) atoms. The lowest BCUT2D eigenvalue weighted by Crippen LogP contribution is -2.20. The molecule has 2 aromatic carbocycles. The van der Waals surface area contributed by atoms with Crippen LogP contribution in [0, 0.1) is 0 Å². The van der Waals surface area contributed by atoms with Crippen LogP contribution in [0.2, 0.25) is 5.02 Å². The lowest BCUT2D eigenvalue weighted by Gasteiger charge is -2.09. The molecule has 2 aromatic rings. The van der Waals surface area contributed by atoms with Gasteiger partial charge in [-0.15, -0.1) is 0 Å². The Morgan fingerprint density at radius 3 is 2.69 bits per heavy atom. The summed E-state index contributed by atoms with van der Waals surface area (Å²) >= 11 is 5.81. The van der Waals surface area contributed by atoms with Crippen molar-refractivity contribution >= 4 is 35.4 Å². The van der Waals surface area contributed by atoms with Crippen LogP contribution in [0.25, 0.3) is 0 Å². The van der Waals surface area contributed by atoms with Crippen molar-refractivity contribution in [3.63, 3.8) is 0 Å². The maximum atomic E-state index is 11.1. The maximum absolute atomic E-state index is 11.1. The predicted octanol–water partition coefficient (Wildman–Crippen LogP) is 2.36. The van der Waals surface area contributed by atoms with Gasteiger partial charge in [0.15, 0.2) is 18.1 Å². The first-order chi connectivity index (χ1) is 12.4. The quantitative estimate of drug-likeness (QED) is 0.479. The zero-order valence-corrected chi connectivity index (χ0v) is 14.5. The summed E-state index contributed by atoms with van der Waals surface area (Å²) in [7, 11) is 1.47. The molecule has 0 bridgehead atoms. The van der Waals surface area contributed by atoms with Gasteiger partial charge < -0.3 is 20.3 Å². The molecule has 0 fully saturated rings. The zero-order valence-electron chi connectivity index (χ0n) is 13.7. The molecule has 0 radical (unpaired) electrons. The van der Waals surface area contributed by atoms with Crippen molar-refractivity contribution < 1.29 is 24.2 Å². The molecule has 0 atom stereocenters. The first-order valence-corrected chi connectivity index (χ1v) is 7.69. The van der Waals surface area contributed by atoms with Crippen molar-refractivity contribution in [3.05, 3.63) is 52.5 Å². The van der Waals surface area contributed by atoms with E-state index in [1.165, 1.54) is 25.5 Å². The summed E-state index contributed by atoms with van der Waals surface area (Å²) in [5.74, 6) is -0.931. The normalized spacial score (nSPS) is 10.5. The molecule has 9 heteroatoms. The summed E-state index contributed by atoms with van der Waals surface area (Å²) < 4.78 is 10.4. The van der Waals surface area contributed by atoms with E-state index in [1.54, 1.807) is 24.3 Å². The number of carboxylic acids is 1. The highest BCUT2D eigenvalue weighted by Gasteiger charge is 2.09. The van der Waals surface area contributed by atoms with E-state index in [0.717, 1.165) is 0 Å². The zero-order chi connectivity index (χ0) is 19.1. The third-order valence-electron chi connectivity index (χ3n) is 3.16. The number of hydrogen-bond acceptors (Lipinski definition) is 6. The molecule has 0 heterocycles. The topological polar surface area (TPSA) is 123 Å². The second kappa shape index (κ2) is 8.72. The van der Waals surface area contributed by atoms with E-state index in [4.69, 9.17) is 31.9 Å². The molecule has 4 N–H and O–H groups in total. The largest absolute Gasteiger partial charge is 0.493 e. The van der Waals surface area contributed by atoms with Gasteiger partial charge in [0.25, 0.3) is 5.91 Å². The van der Waals surface area contributed by atoms with Gasteiger partial charge in [-0.25, -0.2) is 4.79 Å². The van der Waals surface area contributed by atoms with Gasteiger partial charge >= 0.3 is 5.97 Å². The summed E-state index contributed by atoms with van der Waals surface area (Å²) in [5, 5.41) is 13.2. The Bertz CT molecular complexity index is 854. The van der Waals surface area contributed by atoms with Gasteiger partial charge in [-0.1, -0.05) is 11.6 Å². The van der Waals surface area contributed by atoms with E-state index in [0.29, 0.717) is 22.7 Å². The van der Waals surface area contributed by atoms with Gasteiger partial charge in [-0.05, 0) is 42.0 Å². The lowest BCUT2D eigenvalue weighted by atomic mass is 10.2. The van der Waals surface area contributed by atoms with Crippen LogP contribution in [-0.4, -0.2) is 36.9 Å². The number of ether oxygens (including phenoxy) is 2. The number of halogens is 1. The van der Waals surface area contributed by atoms with E-state index in [-0.39, 0.29) is 17.2 Å². The highest BCUT2D eigenvalue weighted by molar-refractivity contribution is 6.33. The minimum Gasteiger partial charge on any atom is -0.493 e. The Morgan fingerprint density at radius 2 is 2.04 bits per heavy atom. The number of amides is 1. The van der Waals surface area contributed by atoms with Crippen molar-refractivity contribution in [1.82, 2.24) is 0 Å². The number of primary amides is 1. The highest BCUT2D eigenvalue weighted by Crippen LogP contribution is 2.27. The average Bonchev–Trinajstić information content (AvgIpc) is 2.61. The van der Waals surface area contributed by atoms with E-state index in [2.05, 4.69) is 10.5 Å². The van der Waals surface area contributed by atoms with Crippen molar-refractivity contribution in [2.75, 3.05) is 19.1 Å². The number of hydrazone groups is 1. The smallest absolute Gasteiger partial charge is 0.337 e. The Balaban J connectivity index is 2.09. The molecule has 0 aromatic heterocycles. The van der Waals surface area contributed by atoms with Gasteiger partial charge in [0, 0.05) is 0 Å². The molecular weight excluding hydrogens is 362 g/mol. The molecule has 136 valence electrons. The first-order valence-electron chi connectivity index (χ1n) is 7.31. The van der Waals surface area contributed by atoms with Crippen LogP contribution in [-0.2, 0) is 4.79 Å². The van der Waals surface area contributed by atoms with Gasteiger partial charge in [0.2, 0.25) is 0 Å². The average molecular weight is 378 g/mol. The molecule has 0 saturated carbocycles. The molecule has 0 aliphatic carbocycles. The summed E-state index contributed by atoms with van der Waals surface area (Å²) in [6, 6.07) is 9.43. The number of anilines is 1. The van der Waals surface area contributed by atoms with E-state index < -0.39 is 11.9 Å². The number of methoxy groups -OCH3 is 1. The molecule has 0 saturated heterocycles. The standard InChI is InChI=1S/C17H16ClN3O5/c1-25-15-6-10(2-5-14(15)26-9-16(19)22)8-20-21-11-3-4-13(18)12(7-11)17(23)24/h2-8,21H,9H2,1H3,(H2,19,22)(H,23,24)/b20-8+. The predicted molar refractivity (Wildman–Crippen MR) is 97.3 cm³/mol. The summed E-state index contributed by atoms with van der Waals surface area (Å²) in [6.45, 7) is -0.256. The molecule has 8 nitrogen and oxygen atoms in total. The van der Waals surface area contributed by atoms with E-state index in [1.807, 2.05) is 0 Å². The van der Waals surface area contributed by atoms with Crippen LogP contribution in [0.5, 0.6) is 11.5 Å². The Morgan fingerprint density at radius 1 is 1.27 bits per heavy atom. The van der Waals surface area contributed by atoms with Crippen LogP contribution in [0.4, 0.5) is 5.69 Å². The SMILES string of the molecule is COc1cc(/C=N/Nc2ccc(Cl)c(C(=O)O)c2)ccc1OCC(N)=O. The molecule has 2 rings (SSSR count).